The van der Waals surface area contributed by atoms with Crippen LogP contribution in [0.2, 0.25) is 0 Å². The smallest absolute Gasteiger partial charge is 0.155 e. The third kappa shape index (κ3) is 4.66. The molecule has 138 valence electrons. The SMILES string of the molecule is CCC(=O)CC1(NC(C)(C)C(=O)C2CCNCC2C)CCCCC1. The number of nitrogens with one attached hydrogen (secondary N) is 2. The minimum atomic E-state index is -0.568. The van der Waals surface area contributed by atoms with Gasteiger partial charge in [0.05, 0.1) is 5.54 Å². The van der Waals surface area contributed by atoms with Crippen molar-refractivity contribution < 1.29 is 9.59 Å². The highest BCUT2D eigenvalue weighted by molar-refractivity contribution is 5.90. The fraction of sp³-hybridized carbons (Fsp3) is 0.900. The molecule has 0 aromatic carbocycles. The van der Waals surface area contributed by atoms with Crippen molar-refractivity contribution in [2.45, 2.75) is 90.1 Å². The lowest BCUT2D eigenvalue weighted by atomic mass is 9.73. The van der Waals surface area contributed by atoms with Gasteiger partial charge >= 0.3 is 0 Å². The van der Waals surface area contributed by atoms with Crippen LogP contribution in [0.15, 0.2) is 0 Å². The van der Waals surface area contributed by atoms with E-state index in [-0.39, 0.29) is 11.5 Å². The first-order valence-electron chi connectivity index (χ1n) is 9.86. The molecule has 0 amide bonds. The van der Waals surface area contributed by atoms with Crippen molar-refractivity contribution in [3.05, 3.63) is 0 Å². The summed E-state index contributed by atoms with van der Waals surface area (Å²) >= 11 is 0. The number of hydrogen-bond donors (Lipinski definition) is 2. The molecule has 1 aliphatic carbocycles. The molecule has 0 bridgehead atoms. The lowest BCUT2D eigenvalue weighted by Gasteiger charge is -2.45. The molecule has 2 fully saturated rings. The summed E-state index contributed by atoms with van der Waals surface area (Å²) in [5.41, 5.74) is -0.748. The number of carbonyl (C=O) groups is 2. The molecule has 4 nitrogen and oxygen atoms in total. The van der Waals surface area contributed by atoms with Crippen LogP contribution in [0.25, 0.3) is 0 Å². The normalized spacial score (nSPS) is 27.7. The van der Waals surface area contributed by atoms with E-state index in [2.05, 4.69) is 17.6 Å². The summed E-state index contributed by atoms with van der Waals surface area (Å²) in [7, 11) is 0. The van der Waals surface area contributed by atoms with Gasteiger partial charge in [-0.15, -0.1) is 0 Å². The van der Waals surface area contributed by atoms with E-state index < -0.39 is 5.54 Å². The van der Waals surface area contributed by atoms with Crippen molar-refractivity contribution in [1.29, 1.82) is 0 Å². The highest BCUT2D eigenvalue weighted by atomic mass is 16.1. The monoisotopic (exact) mass is 336 g/mol. The minimum Gasteiger partial charge on any atom is -0.316 e. The Balaban J connectivity index is 2.13. The molecule has 0 spiro atoms. The van der Waals surface area contributed by atoms with Gasteiger partial charge in [0.15, 0.2) is 5.78 Å². The van der Waals surface area contributed by atoms with Crippen LogP contribution in [0.4, 0.5) is 0 Å². The van der Waals surface area contributed by atoms with Crippen molar-refractivity contribution >= 4 is 11.6 Å². The maximum absolute atomic E-state index is 13.2. The molecule has 0 aromatic rings. The van der Waals surface area contributed by atoms with E-state index >= 15 is 0 Å². The summed E-state index contributed by atoms with van der Waals surface area (Å²) in [6, 6.07) is 0. The van der Waals surface area contributed by atoms with Crippen LogP contribution in [0.1, 0.15) is 79.1 Å². The molecule has 2 unspecified atom stereocenters. The van der Waals surface area contributed by atoms with Crippen molar-refractivity contribution in [2.24, 2.45) is 11.8 Å². The predicted molar refractivity (Wildman–Crippen MR) is 98.1 cm³/mol. The Kier molecular flexibility index (Phi) is 6.60. The maximum atomic E-state index is 13.2. The van der Waals surface area contributed by atoms with E-state index in [1.165, 1.54) is 6.42 Å². The van der Waals surface area contributed by atoms with E-state index in [0.29, 0.717) is 30.3 Å². The van der Waals surface area contributed by atoms with Gasteiger partial charge in [0, 0.05) is 24.3 Å². The lowest BCUT2D eigenvalue weighted by Crippen LogP contribution is -2.62. The zero-order valence-corrected chi connectivity index (χ0v) is 16.0. The van der Waals surface area contributed by atoms with Crippen molar-refractivity contribution in [2.75, 3.05) is 13.1 Å². The van der Waals surface area contributed by atoms with Gasteiger partial charge in [-0.05, 0) is 52.1 Å². The zero-order valence-electron chi connectivity index (χ0n) is 16.0. The lowest BCUT2D eigenvalue weighted by molar-refractivity contribution is -0.132. The average molecular weight is 337 g/mol. The fourth-order valence-corrected chi connectivity index (χ4v) is 4.67. The molecule has 1 saturated carbocycles. The van der Waals surface area contributed by atoms with Crippen LogP contribution in [-0.2, 0) is 9.59 Å². The number of carbonyl (C=O) groups excluding carboxylic acids is 2. The number of ketones is 2. The van der Waals surface area contributed by atoms with E-state index in [1.807, 2.05) is 20.8 Å². The van der Waals surface area contributed by atoms with E-state index in [1.54, 1.807) is 0 Å². The number of rotatable bonds is 7. The van der Waals surface area contributed by atoms with Crippen LogP contribution < -0.4 is 10.6 Å². The van der Waals surface area contributed by atoms with Crippen LogP contribution in [-0.4, -0.2) is 35.7 Å². The van der Waals surface area contributed by atoms with Gasteiger partial charge in [0.2, 0.25) is 0 Å². The third-order valence-corrected chi connectivity index (χ3v) is 6.06. The first kappa shape index (κ1) is 19.6. The molecule has 2 N–H and O–H groups in total. The Morgan fingerprint density at radius 2 is 1.88 bits per heavy atom. The number of Topliss-reactive ketones (excluding diaryl/α,β-unsaturated/α-hetero) is 2. The molecule has 2 rings (SSSR count). The predicted octanol–water partition coefficient (Wildman–Crippen LogP) is 3.24. The molecule has 0 aromatic heterocycles. The van der Waals surface area contributed by atoms with E-state index in [4.69, 9.17) is 0 Å². The second kappa shape index (κ2) is 8.09. The Labute approximate surface area is 147 Å². The molecule has 1 saturated heterocycles. The topological polar surface area (TPSA) is 58.2 Å². The van der Waals surface area contributed by atoms with Crippen LogP contribution in [0.3, 0.4) is 0 Å². The standard InChI is InChI=1S/C20H36N2O2/c1-5-16(23)13-20(10-7-6-8-11-20)22-19(3,4)18(24)17-9-12-21-14-15(17)2/h15,17,21-22H,5-14H2,1-4H3. The molecule has 1 aliphatic heterocycles. The van der Waals surface area contributed by atoms with Gasteiger partial charge in [-0.1, -0.05) is 33.1 Å². The largest absolute Gasteiger partial charge is 0.316 e. The summed E-state index contributed by atoms with van der Waals surface area (Å²) in [6.45, 7) is 10.0. The van der Waals surface area contributed by atoms with Gasteiger partial charge in [0.1, 0.15) is 5.78 Å². The minimum absolute atomic E-state index is 0.122. The highest BCUT2D eigenvalue weighted by Gasteiger charge is 2.43. The molecule has 2 atom stereocenters. The van der Waals surface area contributed by atoms with Gasteiger partial charge in [-0.3, -0.25) is 14.9 Å². The molecule has 2 aliphatic rings. The summed E-state index contributed by atoms with van der Waals surface area (Å²) in [4.78, 5) is 25.4. The average Bonchev–Trinajstić information content (AvgIpc) is 2.54. The Morgan fingerprint density at radius 1 is 1.21 bits per heavy atom. The van der Waals surface area contributed by atoms with Gasteiger partial charge in [0.25, 0.3) is 0 Å². The molecule has 0 radical (unpaired) electrons. The van der Waals surface area contributed by atoms with Crippen molar-refractivity contribution in [1.82, 2.24) is 10.6 Å². The zero-order chi connectivity index (χ0) is 17.8. The summed E-state index contributed by atoms with van der Waals surface area (Å²) in [5, 5.41) is 7.08. The highest BCUT2D eigenvalue weighted by Crippen LogP contribution is 2.35. The third-order valence-electron chi connectivity index (χ3n) is 6.06. The van der Waals surface area contributed by atoms with Crippen LogP contribution in [0.5, 0.6) is 0 Å². The molecule has 4 heteroatoms. The first-order valence-corrected chi connectivity index (χ1v) is 9.86. The molecular formula is C20H36N2O2. The number of piperidine rings is 1. The van der Waals surface area contributed by atoms with Crippen LogP contribution in [0, 0.1) is 11.8 Å². The Hall–Kier alpha value is -0.740. The quantitative estimate of drug-likeness (QED) is 0.749. The second-order valence-corrected chi connectivity index (χ2v) is 8.60. The van der Waals surface area contributed by atoms with Crippen molar-refractivity contribution in [3.8, 4) is 0 Å². The number of hydrogen-bond acceptors (Lipinski definition) is 4. The van der Waals surface area contributed by atoms with Crippen LogP contribution >= 0.6 is 0 Å². The second-order valence-electron chi connectivity index (χ2n) is 8.60. The summed E-state index contributed by atoms with van der Waals surface area (Å²) in [5.74, 6) is 1.14. The van der Waals surface area contributed by atoms with Crippen molar-refractivity contribution in [3.63, 3.8) is 0 Å². The molecule has 24 heavy (non-hydrogen) atoms. The van der Waals surface area contributed by atoms with E-state index in [9.17, 15) is 9.59 Å². The van der Waals surface area contributed by atoms with Gasteiger partial charge in [-0.2, -0.15) is 0 Å². The Bertz CT molecular complexity index is 453. The molecule has 1 heterocycles. The molecular weight excluding hydrogens is 300 g/mol. The Morgan fingerprint density at radius 3 is 2.46 bits per heavy atom. The maximum Gasteiger partial charge on any atom is 0.155 e. The first-order chi connectivity index (χ1) is 11.3. The van der Waals surface area contributed by atoms with Gasteiger partial charge in [-0.25, -0.2) is 0 Å². The summed E-state index contributed by atoms with van der Waals surface area (Å²) < 4.78 is 0. The fourth-order valence-electron chi connectivity index (χ4n) is 4.67. The van der Waals surface area contributed by atoms with Gasteiger partial charge < -0.3 is 5.32 Å². The van der Waals surface area contributed by atoms with E-state index in [0.717, 1.165) is 45.2 Å². The summed E-state index contributed by atoms with van der Waals surface area (Å²) in [6.07, 6.45) is 7.64.